The molecule has 1 saturated carbocycles. The van der Waals surface area contributed by atoms with Crippen LogP contribution < -0.4 is 5.32 Å². The van der Waals surface area contributed by atoms with Crippen LogP contribution in [0, 0.1) is 5.92 Å². The van der Waals surface area contributed by atoms with Crippen molar-refractivity contribution in [2.45, 2.75) is 18.9 Å². The Morgan fingerprint density at radius 2 is 2.40 bits per heavy atom. The van der Waals surface area contributed by atoms with Gasteiger partial charge in [-0.2, -0.15) is 0 Å². The van der Waals surface area contributed by atoms with E-state index in [-0.39, 0.29) is 18.6 Å². The van der Waals surface area contributed by atoms with Gasteiger partial charge in [0.05, 0.1) is 6.61 Å². The predicted molar refractivity (Wildman–Crippen MR) is 74.1 cm³/mol. The predicted octanol–water partition coefficient (Wildman–Crippen LogP) is 0.320. The monoisotopic (exact) mass is 278 g/mol. The van der Waals surface area contributed by atoms with Crippen molar-refractivity contribution in [2.24, 2.45) is 13.0 Å². The Hall–Kier alpha value is -1.40. The Bertz CT molecular complexity index is 469. The minimum absolute atomic E-state index is 0.000718. The molecule has 110 valence electrons. The molecule has 1 amide bonds. The summed E-state index contributed by atoms with van der Waals surface area (Å²) in [7, 11) is 1.96. The largest absolute Gasteiger partial charge is 0.371 e. The molecule has 3 rings (SSSR count). The number of carbonyl (C=O) groups excluding carboxylic acids is 1. The molecule has 20 heavy (non-hydrogen) atoms. The molecule has 1 N–H and O–H groups in total. The first kappa shape index (κ1) is 13.6. The minimum Gasteiger partial charge on any atom is -0.371 e. The molecular weight excluding hydrogens is 256 g/mol. The van der Waals surface area contributed by atoms with Crippen molar-refractivity contribution in [1.29, 1.82) is 0 Å². The average molecular weight is 278 g/mol. The maximum absolute atomic E-state index is 12.4. The fourth-order valence-corrected chi connectivity index (χ4v) is 2.61. The Morgan fingerprint density at radius 3 is 3.10 bits per heavy atom. The summed E-state index contributed by atoms with van der Waals surface area (Å²) in [4.78, 5) is 18.6. The number of hydrogen-bond acceptors (Lipinski definition) is 4. The molecule has 2 heterocycles. The van der Waals surface area contributed by atoms with Gasteiger partial charge in [0.15, 0.2) is 0 Å². The first-order chi connectivity index (χ1) is 9.75. The summed E-state index contributed by atoms with van der Waals surface area (Å²) >= 11 is 0. The third-order valence-electron chi connectivity index (χ3n) is 4.00. The van der Waals surface area contributed by atoms with Gasteiger partial charge in [0.2, 0.25) is 5.91 Å². The van der Waals surface area contributed by atoms with Gasteiger partial charge in [0.25, 0.3) is 0 Å². The highest BCUT2D eigenvalue weighted by atomic mass is 16.5. The lowest BCUT2D eigenvalue weighted by molar-refractivity contribution is -0.140. The number of rotatable bonds is 5. The zero-order valence-electron chi connectivity index (χ0n) is 11.9. The first-order valence-electron chi connectivity index (χ1n) is 7.31. The van der Waals surface area contributed by atoms with Crippen LogP contribution in [-0.4, -0.2) is 53.2 Å². The molecule has 1 aromatic heterocycles. The smallest absolute Gasteiger partial charge is 0.249 e. The van der Waals surface area contributed by atoms with Crippen LogP contribution >= 0.6 is 0 Å². The maximum atomic E-state index is 12.4. The molecule has 0 spiro atoms. The van der Waals surface area contributed by atoms with Crippen molar-refractivity contribution in [1.82, 2.24) is 19.8 Å². The molecule has 2 aliphatic rings. The fraction of sp³-hybridized carbons (Fsp3) is 0.714. The normalized spacial score (nSPS) is 23.1. The van der Waals surface area contributed by atoms with Gasteiger partial charge >= 0.3 is 0 Å². The van der Waals surface area contributed by atoms with Crippen LogP contribution in [0.2, 0.25) is 0 Å². The van der Waals surface area contributed by atoms with E-state index in [2.05, 4.69) is 10.3 Å². The highest BCUT2D eigenvalue weighted by molar-refractivity contribution is 5.78. The number of carbonyl (C=O) groups is 1. The van der Waals surface area contributed by atoms with E-state index in [1.165, 1.54) is 12.8 Å². The van der Waals surface area contributed by atoms with Crippen LogP contribution in [-0.2, 0) is 16.6 Å². The maximum Gasteiger partial charge on any atom is 0.249 e. The Labute approximate surface area is 119 Å². The van der Waals surface area contributed by atoms with Crippen molar-refractivity contribution in [3.05, 3.63) is 18.2 Å². The molecule has 6 heteroatoms. The third kappa shape index (κ3) is 3.02. The molecule has 0 aromatic carbocycles. The quantitative estimate of drug-likeness (QED) is 0.842. The highest BCUT2D eigenvalue weighted by Crippen LogP contribution is 2.28. The number of aromatic nitrogens is 2. The minimum atomic E-state index is 0.000718. The van der Waals surface area contributed by atoms with Crippen molar-refractivity contribution in [3.8, 4) is 0 Å². The summed E-state index contributed by atoms with van der Waals surface area (Å²) in [6.07, 6.45) is 6.18. The summed E-state index contributed by atoms with van der Waals surface area (Å²) in [6.45, 7) is 3.21. The Kier molecular flexibility index (Phi) is 4.03. The number of hydrogen-bond donors (Lipinski definition) is 1. The molecule has 1 unspecified atom stereocenters. The number of aryl methyl sites for hydroxylation is 1. The highest BCUT2D eigenvalue weighted by Gasteiger charge is 2.30. The van der Waals surface area contributed by atoms with Gasteiger partial charge in [0.1, 0.15) is 18.5 Å². The fourth-order valence-electron chi connectivity index (χ4n) is 2.61. The van der Waals surface area contributed by atoms with Crippen LogP contribution in [0.1, 0.15) is 24.7 Å². The summed E-state index contributed by atoms with van der Waals surface area (Å²) in [5.41, 5.74) is 0. The molecule has 1 aromatic rings. The summed E-state index contributed by atoms with van der Waals surface area (Å²) < 4.78 is 7.50. The van der Waals surface area contributed by atoms with Crippen molar-refractivity contribution < 1.29 is 9.53 Å². The number of ether oxygens (including phenoxy) is 1. The van der Waals surface area contributed by atoms with E-state index in [9.17, 15) is 4.79 Å². The van der Waals surface area contributed by atoms with E-state index in [1.54, 1.807) is 6.20 Å². The lowest BCUT2D eigenvalue weighted by Crippen LogP contribution is -2.50. The van der Waals surface area contributed by atoms with Crippen LogP contribution in [0.4, 0.5) is 0 Å². The van der Waals surface area contributed by atoms with E-state index in [1.807, 2.05) is 22.7 Å². The first-order valence-corrected chi connectivity index (χ1v) is 7.31. The summed E-state index contributed by atoms with van der Waals surface area (Å²) in [5, 5.41) is 3.33. The van der Waals surface area contributed by atoms with Crippen molar-refractivity contribution in [3.63, 3.8) is 0 Å². The van der Waals surface area contributed by atoms with Gasteiger partial charge in [-0.3, -0.25) is 4.79 Å². The molecule has 1 aliphatic heterocycles. The molecule has 0 radical (unpaired) electrons. The number of amides is 1. The molecular formula is C14H22N4O2. The van der Waals surface area contributed by atoms with Crippen LogP contribution in [0.25, 0.3) is 0 Å². The lowest BCUT2D eigenvalue weighted by atomic mass is 10.1. The SMILES string of the molecule is Cn1ccnc1C1CNCCN1C(=O)COCC1CC1. The number of imidazole rings is 1. The van der Waals surface area contributed by atoms with Crippen LogP contribution in [0.5, 0.6) is 0 Å². The van der Waals surface area contributed by atoms with E-state index < -0.39 is 0 Å². The van der Waals surface area contributed by atoms with E-state index in [0.29, 0.717) is 12.5 Å². The Morgan fingerprint density at radius 1 is 1.55 bits per heavy atom. The van der Waals surface area contributed by atoms with Crippen LogP contribution in [0.15, 0.2) is 12.4 Å². The van der Waals surface area contributed by atoms with Gasteiger partial charge in [-0.1, -0.05) is 0 Å². The third-order valence-corrected chi connectivity index (χ3v) is 4.00. The van der Waals surface area contributed by atoms with Gasteiger partial charge in [-0.05, 0) is 18.8 Å². The second-order valence-electron chi connectivity index (χ2n) is 5.66. The zero-order valence-corrected chi connectivity index (χ0v) is 11.9. The zero-order chi connectivity index (χ0) is 13.9. The molecule has 1 atom stereocenters. The van der Waals surface area contributed by atoms with E-state index in [0.717, 1.165) is 25.5 Å². The Balaban J connectivity index is 1.62. The topological polar surface area (TPSA) is 59.4 Å². The van der Waals surface area contributed by atoms with Crippen molar-refractivity contribution >= 4 is 5.91 Å². The van der Waals surface area contributed by atoms with Crippen molar-refractivity contribution in [2.75, 3.05) is 32.8 Å². The second kappa shape index (κ2) is 5.93. The second-order valence-corrected chi connectivity index (χ2v) is 5.66. The number of nitrogens with one attached hydrogen (secondary N) is 1. The molecule has 1 saturated heterocycles. The standard InChI is InChI=1S/C14H22N4O2/c1-17-6-5-16-14(17)12-8-15-4-7-18(12)13(19)10-20-9-11-2-3-11/h5-6,11-12,15H,2-4,7-10H2,1H3. The van der Waals surface area contributed by atoms with Gasteiger partial charge in [-0.15, -0.1) is 0 Å². The van der Waals surface area contributed by atoms with Crippen LogP contribution in [0.3, 0.4) is 0 Å². The van der Waals surface area contributed by atoms with E-state index >= 15 is 0 Å². The average Bonchev–Trinajstić information content (AvgIpc) is 3.19. The number of nitrogens with zero attached hydrogens (tertiary/aromatic N) is 3. The molecule has 0 bridgehead atoms. The lowest BCUT2D eigenvalue weighted by Gasteiger charge is -2.35. The molecule has 1 aliphatic carbocycles. The van der Waals surface area contributed by atoms with E-state index in [4.69, 9.17) is 4.74 Å². The molecule has 6 nitrogen and oxygen atoms in total. The summed E-state index contributed by atoms with van der Waals surface area (Å²) in [5.74, 6) is 1.68. The van der Waals surface area contributed by atoms with Gasteiger partial charge in [0, 0.05) is 39.1 Å². The van der Waals surface area contributed by atoms with Gasteiger partial charge in [-0.25, -0.2) is 4.98 Å². The summed E-state index contributed by atoms with van der Waals surface area (Å²) in [6, 6.07) is 0.000718. The number of piperazine rings is 1. The molecule has 2 fully saturated rings. The van der Waals surface area contributed by atoms with Gasteiger partial charge < -0.3 is 19.5 Å².